The summed E-state index contributed by atoms with van der Waals surface area (Å²) in [5.74, 6) is 1.61. The first-order valence-electron chi connectivity index (χ1n) is 8.87. The Labute approximate surface area is 191 Å². The molecule has 1 atom stereocenters. The van der Waals surface area contributed by atoms with Gasteiger partial charge in [0.15, 0.2) is 11.6 Å². The average Bonchev–Trinajstić information content (AvgIpc) is 3.05. The highest BCUT2D eigenvalue weighted by Gasteiger charge is 2.12. The van der Waals surface area contributed by atoms with E-state index in [1.807, 2.05) is 54.8 Å². The van der Waals surface area contributed by atoms with Crippen LogP contribution in [0.3, 0.4) is 0 Å². The number of rotatable bonds is 6. The van der Waals surface area contributed by atoms with Crippen LogP contribution in [0, 0.1) is 0 Å². The van der Waals surface area contributed by atoms with Gasteiger partial charge in [0.2, 0.25) is 0 Å². The maximum Gasteiger partial charge on any atom is 0.191 e. The second kappa shape index (κ2) is 10.8. The summed E-state index contributed by atoms with van der Waals surface area (Å²) >= 11 is 12.3. The van der Waals surface area contributed by atoms with Gasteiger partial charge in [0.05, 0.1) is 6.04 Å². The molecule has 0 saturated heterocycles. The lowest BCUT2D eigenvalue weighted by Crippen LogP contribution is -2.39. The van der Waals surface area contributed by atoms with Crippen LogP contribution >= 0.6 is 47.2 Å². The molecule has 0 amide bonds. The van der Waals surface area contributed by atoms with E-state index in [2.05, 4.69) is 25.8 Å². The molecule has 9 heteroatoms. The van der Waals surface area contributed by atoms with E-state index in [-0.39, 0.29) is 30.0 Å². The van der Waals surface area contributed by atoms with Crippen LogP contribution in [0.2, 0.25) is 10.0 Å². The molecule has 0 aliphatic rings. The van der Waals surface area contributed by atoms with Gasteiger partial charge in [-0.15, -0.1) is 34.2 Å². The number of pyridine rings is 1. The van der Waals surface area contributed by atoms with Crippen molar-refractivity contribution >= 4 is 58.8 Å². The molecule has 1 unspecified atom stereocenters. The molecule has 0 bridgehead atoms. The number of nitrogens with one attached hydrogen (secondary N) is 2. The van der Waals surface area contributed by atoms with E-state index < -0.39 is 0 Å². The number of hydrogen-bond donors (Lipinski definition) is 2. The predicted octanol–water partition coefficient (Wildman–Crippen LogP) is 4.51. The van der Waals surface area contributed by atoms with Crippen molar-refractivity contribution in [2.45, 2.75) is 26.3 Å². The van der Waals surface area contributed by atoms with Crippen molar-refractivity contribution in [2.75, 3.05) is 13.1 Å². The molecule has 0 spiro atoms. The lowest BCUT2D eigenvalue weighted by Gasteiger charge is -2.19. The van der Waals surface area contributed by atoms with E-state index in [1.54, 1.807) is 6.07 Å². The van der Waals surface area contributed by atoms with Gasteiger partial charge in [-0.05, 0) is 43.7 Å². The zero-order chi connectivity index (χ0) is 19.2. The zero-order valence-corrected chi connectivity index (χ0v) is 19.5. The van der Waals surface area contributed by atoms with Crippen molar-refractivity contribution < 1.29 is 0 Å². The van der Waals surface area contributed by atoms with Crippen molar-refractivity contribution in [3.05, 3.63) is 64.0 Å². The molecule has 0 aliphatic heterocycles. The van der Waals surface area contributed by atoms with Gasteiger partial charge in [0.1, 0.15) is 5.82 Å². The Morgan fingerprint density at radius 3 is 2.79 bits per heavy atom. The van der Waals surface area contributed by atoms with Gasteiger partial charge in [-0.25, -0.2) is 0 Å². The van der Waals surface area contributed by atoms with Crippen LogP contribution in [0.4, 0.5) is 0 Å². The van der Waals surface area contributed by atoms with Crippen LogP contribution in [0.1, 0.15) is 31.3 Å². The summed E-state index contributed by atoms with van der Waals surface area (Å²) in [6.45, 7) is 5.42. The molecule has 6 nitrogen and oxygen atoms in total. The number of benzene rings is 1. The highest BCUT2D eigenvalue weighted by Crippen LogP contribution is 2.25. The number of nitrogens with zero attached hydrogens (tertiary/aromatic N) is 4. The first kappa shape index (κ1) is 22.7. The molecule has 0 radical (unpaired) electrons. The van der Waals surface area contributed by atoms with Gasteiger partial charge >= 0.3 is 0 Å². The zero-order valence-electron chi connectivity index (χ0n) is 15.7. The lowest BCUT2D eigenvalue weighted by atomic mass is 10.1. The van der Waals surface area contributed by atoms with E-state index in [1.165, 1.54) is 0 Å². The van der Waals surface area contributed by atoms with Crippen molar-refractivity contribution in [3.8, 4) is 0 Å². The molecule has 28 heavy (non-hydrogen) atoms. The number of fused-ring (bicyclic) bond motifs is 1. The summed E-state index contributed by atoms with van der Waals surface area (Å²) in [6.07, 6.45) is 2.65. The molecular formula is C19H23Cl2IN6. The Morgan fingerprint density at radius 1 is 1.21 bits per heavy atom. The first-order valence-corrected chi connectivity index (χ1v) is 9.62. The molecule has 0 saturated carbocycles. The molecule has 0 fully saturated rings. The Bertz CT molecular complexity index is 943. The van der Waals surface area contributed by atoms with Gasteiger partial charge in [0, 0.05) is 35.8 Å². The standard InChI is InChI=1S/C19H22Cl2N6.HI/c1-3-22-19(24-13(2)15-8-7-14(20)12-16(15)21)23-10-9-18-26-25-17-6-4-5-11-27(17)18;/h4-8,11-13H,3,9-10H2,1-2H3,(H2,22,23,24);1H. The number of hydrogen-bond acceptors (Lipinski definition) is 3. The predicted molar refractivity (Wildman–Crippen MR) is 126 cm³/mol. The second-order valence-corrected chi connectivity index (χ2v) is 6.93. The monoisotopic (exact) mass is 532 g/mol. The summed E-state index contributed by atoms with van der Waals surface area (Å²) in [5, 5.41) is 16.3. The molecule has 2 aromatic heterocycles. The number of guanidine groups is 1. The van der Waals surface area contributed by atoms with Gasteiger partial charge < -0.3 is 10.6 Å². The molecule has 2 N–H and O–H groups in total. The normalized spacial score (nSPS) is 12.5. The molecule has 1 aromatic carbocycles. The Balaban J connectivity index is 0.00000280. The molecule has 3 rings (SSSR count). The summed E-state index contributed by atoms with van der Waals surface area (Å²) < 4.78 is 1.98. The molecule has 3 aromatic rings. The minimum atomic E-state index is -0.0125. The van der Waals surface area contributed by atoms with Gasteiger partial charge in [-0.1, -0.05) is 35.3 Å². The van der Waals surface area contributed by atoms with E-state index >= 15 is 0 Å². The van der Waals surface area contributed by atoms with Crippen molar-refractivity contribution in [1.82, 2.24) is 25.2 Å². The lowest BCUT2D eigenvalue weighted by molar-refractivity contribution is 0.685. The fourth-order valence-corrected chi connectivity index (χ4v) is 3.36. The van der Waals surface area contributed by atoms with Crippen LogP contribution in [-0.4, -0.2) is 33.6 Å². The van der Waals surface area contributed by atoms with Gasteiger partial charge in [-0.3, -0.25) is 9.39 Å². The molecule has 150 valence electrons. The maximum absolute atomic E-state index is 6.31. The van der Waals surface area contributed by atoms with Gasteiger partial charge in [0.25, 0.3) is 0 Å². The average molecular weight is 533 g/mol. The topological polar surface area (TPSA) is 66.6 Å². The maximum atomic E-state index is 6.31. The van der Waals surface area contributed by atoms with E-state index in [0.29, 0.717) is 23.0 Å². The molecule has 2 heterocycles. The van der Waals surface area contributed by atoms with E-state index in [9.17, 15) is 0 Å². The van der Waals surface area contributed by atoms with Crippen LogP contribution in [0.15, 0.2) is 47.6 Å². The number of aliphatic imine (C=N–C) groups is 1. The van der Waals surface area contributed by atoms with Crippen LogP contribution in [-0.2, 0) is 6.42 Å². The van der Waals surface area contributed by atoms with Crippen molar-refractivity contribution in [2.24, 2.45) is 4.99 Å². The fourth-order valence-electron chi connectivity index (χ4n) is 2.78. The molecule has 0 aliphatic carbocycles. The van der Waals surface area contributed by atoms with Crippen molar-refractivity contribution in [1.29, 1.82) is 0 Å². The fraction of sp³-hybridized carbons (Fsp3) is 0.316. The second-order valence-electron chi connectivity index (χ2n) is 6.09. The summed E-state index contributed by atoms with van der Waals surface area (Å²) in [4.78, 5) is 4.65. The minimum Gasteiger partial charge on any atom is -0.357 e. The van der Waals surface area contributed by atoms with Crippen LogP contribution < -0.4 is 10.6 Å². The summed E-state index contributed by atoms with van der Waals surface area (Å²) in [5.41, 5.74) is 1.81. The molecular weight excluding hydrogens is 510 g/mol. The highest BCUT2D eigenvalue weighted by molar-refractivity contribution is 14.0. The van der Waals surface area contributed by atoms with Crippen LogP contribution in [0.25, 0.3) is 5.65 Å². The van der Waals surface area contributed by atoms with E-state index in [4.69, 9.17) is 23.2 Å². The Hall–Kier alpha value is -1.58. The van der Waals surface area contributed by atoms with E-state index in [0.717, 1.165) is 29.5 Å². The number of aromatic nitrogens is 3. The van der Waals surface area contributed by atoms with Crippen molar-refractivity contribution in [3.63, 3.8) is 0 Å². The summed E-state index contributed by atoms with van der Waals surface area (Å²) in [6, 6.07) is 11.3. The highest BCUT2D eigenvalue weighted by atomic mass is 127. The Kier molecular flexibility index (Phi) is 8.78. The third-order valence-electron chi connectivity index (χ3n) is 4.12. The SMILES string of the molecule is CCNC(=NCCc1nnc2ccccn12)NC(C)c1ccc(Cl)cc1Cl.I. The minimum absolute atomic E-state index is 0. The largest absolute Gasteiger partial charge is 0.357 e. The summed E-state index contributed by atoms with van der Waals surface area (Å²) in [7, 11) is 0. The smallest absolute Gasteiger partial charge is 0.191 e. The third-order valence-corrected chi connectivity index (χ3v) is 4.68. The quantitative estimate of drug-likeness (QED) is 0.278. The number of halogens is 3. The Morgan fingerprint density at radius 2 is 2.04 bits per heavy atom. The van der Waals surface area contributed by atoms with Crippen LogP contribution in [0.5, 0.6) is 0 Å². The third kappa shape index (κ3) is 5.71. The van der Waals surface area contributed by atoms with Gasteiger partial charge in [-0.2, -0.15) is 0 Å². The first-order chi connectivity index (χ1) is 13.1.